The zero-order chi connectivity index (χ0) is 17.2. The highest BCUT2D eigenvalue weighted by atomic mass is 32.2. The average Bonchev–Trinajstić information content (AvgIpc) is 3.16. The second-order valence-electron chi connectivity index (χ2n) is 5.37. The zero-order valence-electron chi connectivity index (χ0n) is 12.9. The summed E-state index contributed by atoms with van der Waals surface area (Å²) in [5, 5.41) is 2.76. The van der Waals surface area contributed by atoms with Crippen molar-refractivity contribution in [3.05, 3.63) is 76.4 Å². The number of hydrogen-bond acceptors (Lipinski definition) is 4. The number of imide groups is 1. The standard InChI is InChI=1S/C20H11NO3S/c22-19-18(25-20(23)21-19)11-14-7-9-17-16(10-14)15(12-24-17)8-6-13-4-2-1-3-5-13/h1-5,7,9-12H,(H,21,22,23). The third kappa shape index (κ3) is 3.21. The minimum absolute atomic E-state index is 0.352. The van der Waals surface area contributed by atoms with Crippen LogP contribution in [0.25, 0.3) is 17.0 Å². The van der Waals surface area contributed by atoms with E-state index in [0.717, 1.165) is 39.4 Å². The smallest absolute Gasteiger partial charge is 0.290 e. The van der Waals surface area contributed by atoms with Crippen molar-refractivity contribution in [3.63, 3.8) is 0 Å². The molecule has 0 bridgehead atoms. The van der Waals surface area contributed by atoms with Gasteiger partial charge < -0.3 is 4.42 Å². The number of carbonyl (C=O) groups excluding carboxylic acids is 2. The van der Waals surface area contributed by atoms with E-state index in [2.05, 4.69) is 17.2 Å². The molecule has 4 rings (SSSR count). The van der Waals surface area contributed by atoms with Crippen LogP contribution in [-0.2, 0) is 4.79 Å². The first-order valence-corrected chi connectivity index (χ1v) is 8.34. The summed E-state index contributed by atoms with van der Waals surface area (Å²) in [6.07, 6.45) is 3.31. The summed E-state index contributed by atoms with van der Waals surface area (Å²) in [6, 6.07) is 15.3. The van der Waals surface area contributed by atoms with E-state index in [1.54, 1.807) is 12.3 Å². The molecule has 120 valence electrons. The van der Waals surface area contributed by atoms with Crippen molar-refractivity contribution >= 4 is 40.0 Å². The van der Waals surface area contributed by atoms with Crippen molar-refractivity contribution in [3.8, 4) is 11.8 Å². The molecule has 5 heteroatoms. The van der Waals surface area contributed by atoms with Crippen molar-refractivity contribution in [2.45, 2.75) is 0 Å². The van der Waals surface area contributed by atoms with Crippen LogP contribution in [-0.4, -0.2) is 11.1 Å². The van der Waals surface area contributed by atoms with Gasteiger partial charge in [-0.3, -0.25) is 14.9 Å². The van der Waals surface area contributed by atoms with Gasteiger partial charge in [0.05, 0.1) is 10.5 Å². The topological polar surface area (TPSA) is 59.3 Å². The number of amides is 2. The Kier molecular flexibility index (Phi) is 3.88. The molecular formula is C20H11NO3S. The van der Waals surface area contributed by atoms with E-state index >= 15 is 0 Å². The van der Waals surface area contributed by atoms with Gasteiger partial charge in [0.1, 0.15) is 11.8 Å². The van der Waals surface area contributed by atoms with Gasteiger partial charge in [0.2, 0.25) is 0 Å². The maximum Gasteiger partial charge on any atom is 0.290 e. The summed E-state index contributed by atoms with van der Waals surface area (Å²) in [5.41, 5.74) is 3.23. The number of thioether (sulfide) groups is 1. The van der Waals surface area contributed by atoms with E-state index in [0.29, 0.717) is 4.91 Å². The number of nitrogens with one attached hydrogen (secondary N) is 1. The quantitative estimate of drug-likeness (QED) is 0.531. The molecule has 0 atom stereocenters. The molecule has 25 heavy (non-hydrogen) atoms. The van der Waals surface area contributed by atoms with Crippen LogP contribution in [0.4, 0.5) is 4.79 Å². The van der Waals surface area contributed by atoms with Gasteiger partial charge in [0, 0.05) is 10.9 Å². The van der Waals surface area contributed by atoms with Gasteiger partial charge in [-0.1, -0.05) is 36.1 Å². The van der Waals surface area contributed by atoms with Crippen LogP contribution in [0.5, 0.6) is 0 Å². The Hall–Kier alpha value is -3.23. The second-order valence-corrected chi connectivity index (χ2v) is 6.39. The maximum absolute atomic E-state index is 11.7. The van der Waals surface area contributed by atoms with Crippen LogP contribution in [0, 0.1) is 11.8 Å². The predicted molar refractivity (Wildman–Crippen MR) is 97.7 cm³/mol. The highest BCUT2D eigenvalue weighted by molar-refractivity contribution is 8.18. The maximum atomic E-state index is 11.7. The summed E-state index contributed by atoms with van der Waals surface area (Å²) in [6.45, 7) is 0. The summed E-state index contributed by atoms with van der Waals surface area (Å²) < 4.78 is 5.54. The second kappa shape index (κ2) is 6.34. The van der Waals surface area contributed by atoms with Crippen LogP contribution in [0.15, 0.2) is 64.1 Å². The molecule has 0 radical (unpaired) electrons. The number of hydrogen-bond donors (Lipinski definition) is 1. The minimum atomic E-state index is -0.369. The predicted octanol–water partition coefficient (Wildman–Crippen LogP) is 4.16. The lowest BCUT2D eigenvalue weighted by atomic mass is 10.1. The van der Waals surface area contributed by atoms with Crippen LogP contribution in [0.1, 0.15) is 16.7 Å². The number of carbonyl (C=O) groups is 2. The Balaban J connectivity index is 1.71. The largest absolute Gasteiger partial charge is 0.463 e. The molecule has 1 aliphatic heterocycles. The molecule has 0 aliphatic carbocycles. The van der Waals surface area contributed by atoms with E-state index in [4.69, 9.17) is 4.42 Å². The fourth-order valence-electron chi connectivity index (χ4n) is 2.47. The molecule has 1 fully saturated rings. The first kappa shape index (κ1) is 15.3. The first-order valence-electron chi connectivity index (χ1n) is 7.52. The number of rotatable bonds is 1. The molecule has 1 N–H and O–H groups in total. The van der Waals surface area contributed by atoms with E-state index in [1.165, 1.54) is 0 Å². The van der Waals surface area contributed by atoms with Crippen LogP contribution >= 0.6 is 11.8 Å². The average molecular weight is 345 g/mol. The van der Waals surface area contributed by atoms with Gasteiger partial charge in [-0.05, 0) is 47.7 Å². The van der Waals surface area contributed by atoms with E-state index in [9.17, 15) is 9.59 Å². The summed E-state index contributed by atoms with van der Waals surface area (Å²) in [7, 11) is 0. The molecular weight excluding hydrogens is 334 g/mol. The Labute approximate surface area is 147 Å². The number of fused-ring (bicyclic) bond motifs is 1. The lowest BCUT2D eigenvalue weighted by Crippen LogP contribution is -2.17. The monoisotopic (exact) mass is 345 g/mol. The molecule has 0 saturated carbocycles. The van der Waals surface area contributed by atoms with Crippen LogP contribution < -0.4 is 5.32 Å². The Morgan fingerprint density at radius 3 is 2.64 bits per heavy atom. The summed E-state index contributed by atoms with van der Waals surface area (Å²) in [4.78, 5) is 23.3. The SMILES string of the molecule is O=C1NC(=O)C(=Cc2ccc3occ(C#Cc4ccccc4)c3c2)S1. The molecule has 1 aromatic heterocycles. The third-order valence-corrected chi connectivity index (χ3v) is 4.46. The van der Waals surface area contributed by atoms with Crippen molar-refractivity contribution in [1.82, 2.24) is 5.32 Å². The van der Waals surface area contributed by atoms with Crippen LogP contribution in [0.2, 0.25) is 0 Å². The highest BCUT2D eigenvalue weighted by Gasteiger charge is 2.24. The molecule has 0 unspecified atom stereocenters. The van der Waals surface area contributed by atoms with Gasteiger partial charge in [0.15, 0.2) is 0 Å². The van der Waals surface area contributed by atoms with Gasteiger partial charge in [0.25, 0.3) is 11.1 Å². The van der Waals surface area contributed by atoms with Gasteiger partial charge in [-0.25, -0.2) is 0 Å². The number of furan rings is 1. The first-order chi connectivity index (χ1) is 12.2. The lowest BCUT2D eigenvalue weighted by molar-refractivity contribution is -0.115. The summed E-state index contributed by atoms with van der Waals surface area (Å²) >= 11 is 0.898. The number of benzene rings is 2. The molecule has 2 aromatic carbocycles. The van der Waals surface area contributed by atoms with Crippen molar-refractivity contribution in [1.29, 1.82) is 0 Å². The fraction of sp³-hybridized carbons (Fsp3) is 0. The molecule has 3 aromatic rings. The molecule has 0 spiro atoms. The highest BCUT2D eigenvalue weighted by Crippen LogP contribution is 2.28. The lowest BCUT2D eigenvalue weighted by Gasteiger charge is -1.96. The Morgan fingerprint density at radius 1 is 1.04 bits per heavy atom. The van der Waals surface area contributed by atoms with Gasteiger partial charge in [-0.15, -0.1) is 0 Å². The molecule has 2 heterocycles. The normalized spacial score (nSPS) is 15.3. The molecule has 2 amide bonds. The molecule has 1 saturated heterocycles. The third-order valence-electron chi connectivity index (χ3n) is 3.65. The Bertz CT molecular complexity index is 1080. The molecule has 4 nitrogen and oxygen atoms in total. The van der Waals surface area contributed by atoms with Gasteiger partial charge >= 0.3 is 0 Å². The molecule has 1 aliphatic rings. The van der Waals surface area contributed by atoms with Crippen molar-refractivity contribution in [2.75, 3.05) is 0 Å². The fourth-order valence-corrected chi connectivity index (χ4v) is 3.15. The summed E-state index contributed by atoms with van der Waals surface area (Å²) in [5.74, 6) is 5.85. The van der Waals surface area contributed by atoms with E-state index < -0.39 is 0 Å². The Morgan fingerprint density at radius 2 is 1.88 bits per heavy atom. The van der Waals surface area contributed by atoms with Crippen molar-refractivity contribution < 1.29 is 14.0 Å². The minimum Gasteiger partial charge on any atom is -0.463 e. The van der Waals surface area contributed by atoms with E-state index in [-0.39, 0.29) is 11.1 Å². The van der Waals surface area contributed by atoms with Crippen molar-refractivity contribution in [2.24, 2.45) is 0 Å². The van der Waals surface area contributed by atoms with Gasteiger partial charge in [-0.2, -0.15) is 0 Å². The van der Waals surface area contributed by atoms with Crippen LogP contribution in [0.3, 0.4) is 0 Å². The van der Waals surface area contributed by atoms with E-state index in [1.807, 2.05) is 48.5 Å². The zero-order valence-corrected chi connectivity index (χ0v) is 13.7.